The van der Waals surface area contributed by atoms with Gasteiger partial charge in [0, 0.05) is 20.0 Å². The molecule has 3 unspecified atom stereocenters. The van der Waals surface area contributed by atoms with E-state index in [-0.39, 0.29) is 19.3 Å². The summed E-state index contributed by atoms with van der Waals surface area (Å²) in [6.07, 6.45) is -1.14. The second-order valence-corrected chi connectivity index (χ2v) is 3.54. The molecular weight excluding hydrogens is 216 g/mol. The van der Waals surface area contributed by atoms with Gasteiger partial charge in [-0.05, 0) is 6.92 Å². The third kappa shape index (κ3) is 4.34. The van der Waals surface area contributed by atoms with Crippen molar-refractivity contribution in [2.75, 3.05) is 20.3 Å². The Morgan fingerprint density at radius 1 is 1.44 bits per heavy atom. The summed E-state index contributed by atoms with van der Waals surface area (Å²) >= 11 is 0. The van der Waals surface area contributed by atoms with Crippen LogP contribution in [0.2, 0.25) is 0 Å². The van der Waals surface area contributed by atoms with Gasteiger partial charge in [0.2, 0.25) is 0 Å². The number of aliphatic hydroxyl groups excluding tert-OH is 1. The lowest BCUT2D eigenvalue weighted by Gasteiger charge is -2.31. The quantitative estimate of drug-likeness (QED) is 0.721. The van der Waals surface area contributed by atoms with Gasteiger partial charge >= 0.3 is 6.16 Å². The predicted molar refractivity (Wildman–Crippen MR) is 53.9 cm³/mol. The van der Waals surface area contributed by atoms with Crippen molar-refractivity contribution in [3.8, 4) is 0 Å². The van der Waals surface area contributed by atoms with Crippen LogP contribution in [0.25, 0.3) is 0 Å². The fourth-order valence-electron chi connectivity index (χ4n) is 1.53. The standard InChI is InChI=1S/C10H18O6/c1-3-14-10(12)15-6-8-4-7(11)5-9(13-2)16-8/h7-9,11H,3-6H2,1-2H3. The third-order valence-corrected chi connectivity index (χ3v) is 2.26. The van der Waals surface area contributed by atoms with Crippen LogP contribution in [-0.4, -0.2) is 50.1 Å². The number of ether oxygens (including phenoxy) is 4. The Morgan fingerprint density at radius 3 is 2.81 bits per heavy atom. The number of carbonyl (C=O) groups is 1. The summed E-state index contributed by atoms with van der Waals surface area (Å²) in [6.45, 7) is 2.03. The molecule has 1 saturated heterocycles. The molecule has 0 aromatic carbocycles. The molecule has 0 aromatic heterocycles. The van der Waals surface area contributed by atoms with Crippen LogP contribution in [0, 0.1) is 0 Å². The van der Waals surface area contributed by atoms with Gasteiger partial charge in [-0.3, -0.25) is 0 Å². The summed E-state index contributed by atoms with van der Waals surface area (Å²) in [5, 5.41) is 9.52. The second-order valence-electron chi connectivity index (χ2n) is 3.54. The Bertz CT molecular complexity index is 219. The minimum absolute atomic E-state index is 0.0652. The van der Waals surface area contributed by atoms with Crippen molar-refractivity contribution in [1.82, 2.24) is 0 Å². The Hall–Kier alpha value is -0.850. The maximum Gasteiger partial charge on any atom is 0.508 e. The zero-order valence-electron chi connectivity index (χ0n) is 9.55. The molecule has 16 heavy (non-hydrogen) atoms. The third-order valence-electron chi connectivity index (χ3n) is 2.26. The van der Waals surface area contributed by atoms with Crippen molar-refractivity contribution >= 4 is 6.16 Å². The van der Waals surface area contributed by atoms with E-state index in [1.807, 2.05) is 0 Å². The van der Waals surface area contributed by atoms with Crippen molar-refractivity contribution in [1.29, 1.82) is 0 Å². The summed E-state index contributed by atoms with van der Waals surface area (Å²) in [6, 6.07) is 0. The van der Waals surface area contributed by atoms with Gasteiger partial charge in [0.1, 0.15) is 6.61 Å². The molecule has 6 heteroatoms. The molecule has 0 aliphatic carbocycles. The zero-order chi connectivity index (χ0) is 12.0. The number of hydrogen-bond acceptors (Lipinski definition) is 6. The molecular formula is C10H18O6. The zero-order valence-corrected chi connectivity index (χ0v) is 9.55. The molecule has 0 spiro atoms. The van der Waals surface area contributed by atoms with E-state index < -0.39 is 18.5 Å². The molecule has 1 aliphatic rings. The molecule has 6 nitrogen and oxygen atoms in total. The van der Waals surface area contributed by atoms with Crippen molar-refractivity contribution in [2.45, 2.75) is 38.3 Å². The minimum atomic E-state index is -0.722. The Morgan fingerprint density at radius 2 is 2.19 bits per heavy atom. The van der Waals surface area contributed by atoms with Gasteiger partial charge in [-0.15, -0.1) is 0 Å². The van der Waals surface area contributed by atoms with E-state index in [1.54, 1.807) is 6.92 Å². The fourth-order valence-corrected chi connectivity index (χ4v) is 1.53. The largest absolute Gasteiger partial charge is 0.508 e. The topological polar surface area (TPSA) is 74.2 Å². The van der Waals surface area contributed by atoms with E-state index in [2.05, 4.69) is 4.74 Å². The summed E-state index contributed by atoms with van der Waals surface area (Å²) in [7, 11) is 1.51. The maximum absolute atomic E-state index is 10.9. The van der Waals surface area contributed by atoms with Crippen LogP contribution in [0.4, 0.5) is 4.79 Å². The SMILES string of the molecule is CCOC(=O)OCC1CC(O)CC(OC)O1. The van der Waals surface area contributed by atoms with Gasteiger partial charge in [0.25, 0.3) is 0 Å². The average Bonchev–Trinajstić information content (AvgIpc) is 2.26. The molecule has 1 rings (SSSR count). The first-order chi connectivity index (χ1) is 7.65. The first kappa shape index (κ1) is 13.2. The summed E-state index contributed by atoms with van der Waals surface area (Å²) in [5.74, 6) is 0. The molecule has 1 N–H and O–H groups in total. The van der Waals surface area contributed by atoms with Gasteiger partial charge in [-0.2, -0.15) is 0 Å². The number of carbonyl (C=O) groups excluding carboxylic acids is 1. The Balaban J connectivity index is 2.27. The van der Waals surface area contributed by atoms with Crippen LogP contribution in [0.15, 0.2) is 0 Å². The monoisotopic (exact) mass is 234 g/mol. The summed E-state index contributed by atoms with van der Waals surface area (Å²) in [4.78, 5) is 10.9. The van der Waals surface area contributed by atoms with Crippen LogP contribution >= 0.6 is 0 Å². The van der Waals surface area contributed by atoms with Crippen LogP contribution in [0.1, 0.15) is 19.8 Å². The molecule has 0 aromatic rings. The summed E-state index contributed by atoms with van der Waals surface area (Å²) < 4.78 is 19.8. The van der Waals surface area contributed by atoms with Crippen molar-refractivity contribution in [3.05, 3.63) is 0 Å². The highest BCUT2D eigenvalue weighted by Crippen LogP contribution is 2.20. The molecule has 0 bridgehead atoms. The van der Waals surface area contributed by atoms with Crippen molar-refractivity contribution in [2.24, 2.45) is 0 Å². The number of hydrogen-bond donors (Lipinski definition) is 1. The smallest absolute Gasteiger partial charge is 0.435 e. The van der Waals surface area contributed by atoms with Crippen molar-refractivity contribution in [3.63, 3.8) is 0 Å². The van der Waals surface area contributed by atoms with Crippen LogP contribution in [0.5, 0.6) is 0 Å². The van der Waals surface area contributed by atoms with Crippen LogP contribution < -0.4 is 0 Å². The van der Waals surface area contributed by atoms with Gasteiger partial charge < -0.3 is 24.1 Å². The van der Waals surface area contributed by atoms with E-state index in [0.29, 0.717) is 12.8 Å². The highest BCUT2D eigenvalue weighted by Gasteiger charge is 2.29. The Kier molecular flexibility index (Phi) is 5.51. The molecule has 1 fully saturated rings. The molecule has 0 saturated carbocycles. The van der Waals surface area contributed by atoms with Crippen molar-refractivity contribution < 1.29 is 28.8 Å². The second kappa shape index (κ2) is 6.67. The number of rotatable bonds is 4. The van der Waals surface area contributed by atoms with Gasteiger partial charge in [-0.1, -0.05) is 0 Å². The first-order valence-corrected chi connectivity index (χ1v) is 5.31. The van der Waals surface area contributed by atoms with Gasteiger partial charge in [-0.25, -0.2) is 4.79 Å². The van der Waals surface area contributed by atoms with Crippen LogP contribution in [-0.2, 0) is 18.9 Å². The number of aliphatic hydroxyl groups is 1. The van der Waals surface area contributed by atoms with E-state index in [9.17, 15) is 9.90 Å². The molecule has 3 atom stereocenters. The van der Waals surface area contributed by atoms with Gasteiger partial charge in [0.05, 0.1) is 18.8 Å². The van der Waals surface area contributed by atoms with E-state index in [0.717, 1.165) is 0 Å². The lowest BCUT2D eigenvalue weighted by atomic mass is 10.1. The van der Waals surface area contributed by atoms with E-state index >= 15 is 0 Å². The summed E-state index contributed by atoms with van der Waals surface area (Å²) in [5.41, 5.74) is 0. The normalized spacial score (nSPS) is 29.8. The predicted octanol–water partition coefficient (Wildman–Crippen LogP) is 0.672. The van der Waals surface area contributed by atoms with Gasteiger partial charge in [0.15, 0.2) is 6.29 Å². The van der Waals surface area contributed by atoms with E-state index in [1.165, 1.54) is 7.11 Å². The molecule has 94 valence electrons. The molecule has 1 heterocycles. The van der Waals surface area contributed by atoms with Crippen LogP contribution in [0.3, 0.4) is 0 Å². The lowest BCUT2D eigenvalue weighted by molar-refractivity contribution is -0.211. The highest BCUT2D eigenvalue weighted by atomic mass is 16.7. The fraction of sp³-hybridized carbons (Fsp3) is 0.900. The maximum atomic E-state index is 10.9. The Labute approximate surface area is 94.4 Å². The average molecular weight is 234 g/mol. The molecule has 0 amide bonds. The minimum Gasteiger partial charge on any atom is -0.435 e. The first-order valence-electron chi connectivity index (χ1n) is 5.31. The highest BCUT2D eigenvalue weighted by molar-refractivity contribution is 5.59. The lowest BCUT2D eigenvalue weighted by Crippen LogP contribution is -2.39. The number of methoxy groups -OCH3 is 1. The van der Waals surface area contributed by atoms with E-state index in [4.69, 9.17) is 14.2 Å². The molecule has 1 aliphatic heterocycles. The molecule has 0 radical (unpaired) electrons.